The number of aromatic nitrogens is 1. The van der Waals surface area contributed by atoms with E-state index in [1.54, 1.807) is 6.07 Å². The molecule has 1 aromatic heterocycles. The van der Waals surface area contributed by atoms with Gasteiger partial charge in [0.25, 0.3) is 0 Å². The van der Waals surface area contributed by atoms with Crippen molar-refractivity contribution in [1.29, 1.82) is 0 Å². The Morgan fingerprint density at radius 2 is 1.68 bits per heavy atom. The first-order valence-electron chi connectivity index (χ1n) is 10.1. The number of benzene rings is 2. The van der Waals surface area contributed by atoms with E-state index in [2.05, 4.69) is 41.7 Å². The molecule has 0 aliphatic rings. The zero-order valence-corrected chi connectivity index (χ0v) is 19.6. The minimum atomic E-state index is -1.05. The molecule has 3 rings (SSSR count). The molecule has 0 atom stereocenters. The van der Waals surface area contributed by atoms with E-state index in [1.165, 1.54) is 4.90 Å². The van der Waals surface area contributed by atoms with Gasteiger partial charge in [-0.2, -0.15) is 0 Å². The largest absolute Gasteiger partial charge is 0.465 e. The molecule has 31 heavy (non-hydrogen) atoms. The number of pyridine rings is 1. The highest BCUT2D eigenvalue weighted by molar-refractivity contribution is 9.10. The molecule has 1 amide bonds. The van der Waals surface area contributed by atoms with Crippen molar-refractivity contribution in [3.8, 4) is 0 Å². The van der Waals surface area contributed by atoms with Crippen molar-refractivity contribution < 1.29 is 14.6 Å². The lowest BCUT2D eigenvalue weighted by atomic mass is 9.83. The van der Waals surface area contributed by atoms with Crippen LogP contribution in [0.2, 0.25) is 0 Å². The molecule has 0 saturated heterocycles. The maximum absolute atomic E-state index is 12.1. The summed E-state index contributed by atoms with van der Waals surface area (Å²) in [4.78, 5) is 18.0. The second-order valence-corrected chi connectivity index (χ2v) is 9.21. The van der Waals surface area contributed by atoms with Gasteiger partial charge in [0.15, 0.2) is 0 Å². The number of nitrogens with zero attached hydrogens (tertiary/aromatic N) is 2. The van der Waals surface area contributed by atoms with E-state index in [0.717, 1.165) is 21.2 Å². The van der Waals surface area contributed by atoms with Crippen molar-refractivity contribution in [1.82, 2.24) is 4.98 Å². The first-order valence-corrected chi connectivity index (χ1v) is 10.9. The van der Waals surface area contributed by atoms with Gasteiger partial charge in [-0.25, -0.2) is 9.78 Å². The average Bonchev–Trinajstić information content (AvgIpc) is 2.73. The summed E-state index contributed by atoms with van der Waals surface area (Å²) in [6.45, 7) is 7.32. The summed E-state index contributed by atoms with van der Waals surface area (Å²) in [6.07, 6.45) is -1.05. The molecule has 1 heterocycles. The molecule has 3 aromatic rings. The molecule has 162 valence electrons. The predicted molar refractivity (Wildman–Crippen MR) is 126 cm³/mol. The Hall–Kier alpha value is -2.70. The van der Waals surface area contributed by atoms with E-state index < -0.39 is 6.09 Å². The summed E-state index contributed by atoms with van der Waals surface area (Å²) >= 11 is 3.50. The van der Waals surface area contributed by atoms with E-state index >= 15 is 0 Å². The van der Waals surface area contributed by atoms with Crippen LogP contribution in [0.4, 0.5) is 10.6 Å². The SMILES string of the molecule is CC(C)(C)c1ccccc1CN(C(=O)O)c1ccc(Br)c(COCc2ccccc2)n1. The maximum Gasteiger partial charge on any atom is 0.413 e. The summed E-state index contributed by atoms with van der Waals surface area (Å²) in [5.74, 6) is 0.373. The fraction of sp³-hybridized carbons (Fsp3) is 0.280. The molecule has 6 heteroatoms. The van der Waals surface area contributed by atoms with Crippen LogP contribution in [0.5, 0.6) is 0 Å². The third-order valence-corrected chi connectivity index (χ3v) is 5.64. The lowest BCUT2D eigenvalue weighted by molar-refractivity contribution is 0.104. The average molecular weight is 483 g/mol. The van der Waals surface area contributed by atoms with Gasteiger partial charge in [0.05, 0.1) is 25.5 Å². The monoisotopic (exact) mass is 482 g/mol. The molecule has 0 radical (unpaired) electrons. The van der Waals surface area contributed by atoms with Gasteiger partial charge in [0, 0.05) is 4.47 Å². The highest BCUT2D eigenvalue weighted by atomic mass is 79.9. The summed E-state index contributed by atoms with van der Waals surface area (Å²) in [5, 5.41) is 9.91. The van der Waals surface area contributed by atoms with Crippen molar-refractivity contribution in [2.45, 2.75) is 45.9 Å². The molecule has 1 N–H and O–H groups in total. The molecule has 2 aromatic carbocycles. The van der Waals surface area contributed by atoms with Crippen molar-refractivity contribution >= 4 is 27.8 Å². The first-order chi connectivity index (χ1) is 14.8. The highest BCUT2D eigenvalue weighted by Crippen LogP contribution is 2.28. The predicted octanol–water partition coefficient (Wildman–Crippen LogP) is 6.54. The summed E-state index contributed by atoms with van der Waals surface area (Å²) in [7, 11) is 0. The van der Waals surface area contributed by atoms with Crippen molar-refractivity contribution in [3.05, 3.63) is 93.6 Å². The third kappa shape index (κ3) is 6.15. The number of carboxylic acid groups (broad SMARTS) is 1. The normalized spacial score (nSPS) is 11.4. The van der Waals surface area contributed by atoms with Crippen LogP contribution < -0.4 is 4.90 Å². The Kier molecular flexibility index (Phi) is 7.46. The molecule has 0 spiro atoms. The van der Waals surface area contributed by atoms with E-state index in [4.69, 9.17) is 4.74 Å². The zero-order valence-electron chi connectivity index (χ0n) is 18.0. The van der Waals surface area contributed by atoms with Crippen LogP contribution in [0.25, 0.3) is 0 Å². The van der Waals surface area contributed by atoms with E-state index in [-0.39, 0.29) is 18.6 Å². The Morgan fingerprint density at radius 3 is 2.35 bits per heavy atom. The van der Waals surface area contributed by atoms with Gasteiger partial charge in [-0.15, -0.1) is 0 Å². The minimum absolute atomic E-state index is 0.0929. The van der Waals surface area contributed by atoms with Crippen LogP contribution in [0.15, 0.2) is 71.2 Å². The second-order valence-electron chi connectivity index (χ2n) is 8.35. The molecular formula is C25H27BrN2O3. The number of carbonyl (C=O) groups is 1. The van der Waals surface area contributed by atoms with Crippen molar-refractivity contribution in [2.75, 3.05) is 4.90 Å². The van der Waals surface area contributed by atoms with E-state index in [9.17, 15) is 9.90 Å². The number of halogens is 1. The molecular weight excluding hydrogens is 456 g/mol. The minimum Gasteiger partial charge on any atom is -0.465 e. The van der Waals surface area contributed by atoms with Crippen LogP contribution >= 0.6 is 15.9 Å². The summed E-state index contributed by atoms with van der Waals surface area (Å²) in [5.41, 5.74) is 3.71. The summed E-state index contributed by atoms with van der Waals surface area (Å²) < 4.78 is 6.59. The van der Waals surface area contributed by atoms with Crippen molar-refractivity contribution in [3.63, 3.8) is 0 Å². The lowest BCUT2D eigenvalue weighted by Crippen LogP contribution is -2.31. The van der Waals surface area contributed by atoms with Crippen LogP contribution in [-0.2, 0) is 29.9 Å². The third-order valence-electron chi connectivity index (χ3n) is 4.92. The highest BCUT2D eigenvalue weighted by Gasteiger charge is 2.23. The number of ether oxygens (including phenoxy) is 1. The van der Waals surface area contributed by atoms with Crippen LogP contribution in [0, 0.1) is 0 Å². The smallest absolute Gasteiger partial charge is 0.413 e. The van der Waals surface area contributed by atoms with Gasteiger partial charge in [-0.3, -0.25) is 4.90 Å². The maximum atomic E-state index is 12.1. The lowest BCUT2D eigenvalue weighted by Gasteiger charge is -2.26. The Morgan fingerprint density at radius 1 is 1.00 bits per heavy atom. The van der Waals surface area contributed by atoms with Crippen LogP contribution in [0.3, 0.4) is 0 Å². The molecule has 0 aliphatic heterocycles. The topological polar surface area (TPSA) is 62.7 Å². The molecule has 0 bridgehead atoms. The van der Waals surface area contributed by atoms with Gasteiger partial charge in [0.2, 0.25) is 0 Å². The van der Waals surface area contributed by atoms with Crippen LogP contribution in [0.1, 0.15) is 43.2 Å². The number of anilines is 1. The number of rotatable bonds is 7. The molecule has 5 nitrogen and oxygen atoms in total. The standard InChI is InChI=1S/C25H27BrN2O3/c1-25(2,3)20-12-8-7-11-19(20)15-28(24(29)30)23-14-13-21(26)22(27-23)17-31-16-18-9-5-4-6-10-18/h4-14H,15-17H2,1-3H3,(H,29,30). The molecule has 0 aliphatic carbocycles. The Labute approximate surface area is 191 Å². The van der Waals surface area contributed by atoms with Gasteiger partial charge in [-0.05, 0) is 50.2 Å². The van der Waals surface area contributed by atoms with Gasteiger partial charge in [-0.1, -0.05) is 75.4 Å². The molecule has 0 fully saturated rings. The number of hydrogen-bond donors (Lipinski definition) is 1. The summed E-state index contributed by atoms with van der Waals surface area (Å²) in [6, 6.07) is 21.3. The first kappa shape index (κ1) is 23.0. The quantitative estimate of drug-likeness (QED) is 0.414. The van der Waals surface area contributed by atoms with Gasteiger partial charge < -0.3 is 9.84 Å². The number of amides is 1. The zero-order chi connectivity index (χ0) is 22.4. The van der Waals surface area contributed by atoms with Gasteiger partial charge >= 0.3 is 6.09 Å². The van der Waals surface area contributed by atoms with Crippen molar-refractivity contribution in [2.24, 2.45) is 0 Å². The Bertz CT molecular complexity index is 1030. The van der Waals surface area contributed by atoms with E-state index in [0.29, 0.717) is 18.1 Å². The molecule has 0 unspecified atom stereocenters. The Balaban J connectivity index is 1.81. The number of hydrogen-bond acceptors (Lipinski definition) is 3. The van der Waals surface area contributed by atoms with Crippen LogP contribution in [-0.4, -0.2) is 16.2 Å². The second kappa shape index (κ2) is 10.1. The molecule has 0 saturated carbocycles. The van der Waals surface area contributed by atoms with E-state index in [1.807, 2.05) is 60.7 Å². The fourth-order valence-corrected chi connectivity index (χ4v) is 3.71. The fourth-order valence-electron chi connectivity index (χ4n) is 3.37. The van der Waals surface area contributed by atoms with Gasteiger partial charge in [0.1, 0.15) is 5.82 Å².